The van der Waals surface area contributed by atoms with Gasteiger partial charge in [0.2, 0.25) is 0 Å². The van der Waals surface area contributed by atoms with E-state index in [1.807, 2.05) is 30.4 Å². The van der Waals surface area contributed by atoms with Gasteiger partial charge in [-0.25, -0.2) is 0 Å². The fourth-order valence-corrected chi connectivity index (χ4v) is 3.54. The molecule has 1 heterocycles. The number of hydrogen-bond acceptors (Lipinski definition) is 4. The Bertz CT molecular complexity index is 636. The van der Waals surface area contributed by atoms with Crippen molar-refractivity contribution in [3.8, 4) is 5.75 Å². The average molecular weight is 348 g/mol. The summed E-state index contributed by atoms with van der Waals surface area (Å²) in [6, 6.07) is 12.6. The molecule has 0 fully saturated rings. The Hall–Kier alpha value is -1.36. The third-order valence-electron chi connectivity index (χ3n) is 4.15. The molecule has 132 valence electrons. The summed E-state index contributed by atoms with van der Waals surface area (Å²) in [4.78, 5) is 2.72. The number of benzene rings is 1. The molecule has 0 radical (unpaired) electrons. The van der Waals surface area contributed by atoms with Crippen LogP contribution in [0.15, 0.2) is 36.4 Å². The number of hydrogen-bond donors (Lipinski definition) is 2. The number of aliphatic hydroxyl groups is 1. The summed E-state index contributed by atoms with van der Waals surface area (Å²) >= 11 is 1.84. The molecule has 0 aliphatic heterocycles. The second-order valence-electron chi connectivity index (χ2n) is 6.96. The van der Waals surface area contributed by atoms with E-state index < -0.39 is 5.54 Å². The SMILES string of the molecule is Cc1cccc(OC(C)CCc2ccc(CC[C@@](C)(N)CO)s2)c1. The van der Waals surface area contributed by atoms with Crippen LogP contribution in [0.5, 0.6) is 5.75 Å². The minimum atomic E-state index is -0.486. The van der Waals surface area contributed by atoms with Gasteiger partial charge in [0, 0.05) is 15.3 Å². The van der Waals surface area contributed by atoms with E-state index in [0.717, 1.165) is 31.4 Å². The fourth-order valence-electron chi connectivity index (χ4n) is 2.50. The molecule has 3 N–H and O–H groups in total. The van der Waals surface area contributed by atoms with Gasteiger partial charge in [-0.05, 0) is 76.3 Å². The number of thiophene rings is 1. The number of rotatable bonds is 9. The molecule has 2 aromatic rings. The van der Waals surface area contributed by atoms with E-state index in [4.69, 9.17) is 10.5 Å². The molecular weight excluding hydrogens is 318 g/mol. The van der Waals surface area contributed by atoms with Crippen LogP contribution >= 0.6 is 11.3 Å². The number of aliphatic hydroxyl groups excluding tert-OH is 1. The summed E-state index contributed by atoms with van der Waals surface area (Å²) in [5.74, 6) is 0.945. The van der Waals surface area contributed by atoms with Gasteiger partial charge in [-0.15, -0.1) is 11.3 Å². The van der Waals surface area contributed by atoms with Gasteiger partial charge in [-0.2, -0.15) is 0 Å². The molecule has 0 aliphatic carbocycles. The molecule has 0 saturated carbocycles. The standard InChI is InChI=1S/C20H29NO2S/c1-15-5-4-6-17(13-15)23-16(2)7-8-18-9-10-19(24-18)11-12-20(3,21)14-22/h4-6,9-10,13,16,22H,7-8,11-12,14,21H2,1-3H3/t16?,20-/m1/s1. The minimum absolute atomic E-state index is 0.0268. The molecule has 0 aliphatic rings. The molecule has 0 spiro atoms. The zero-order chi connectivity index (χ0) is 17.6. The molecule has 4 heteroatoms. The first-order chi connectivity index (χ1) is 11.4. The number of nitrogens with two attached hydrogens (primary N) is 1. The third-order valence-corrected chi connectivity index (χ3v) is 5.35. The summed E-state index contributed by atoms with van der Waals surface area (Å²) in [7, 11) is 0. The van der Waals surface area contributed by atoms with Gasteiger partial charge < -0.3 is 15.6 Å². The second-order valence-corrected chi connectivity index (χ2v) is 8.22. The van der Waals surface area contributed by atoms with Crippen molar-refractivity contribution in [2.75, 3.05) is 6.61 Å². The van der Waals surface area contributed by atoms with Crippen LogP contribution in [0.25, 0.3) is 0 Å². The molecule has 2 rings (SSSR count). The zero-order valence-corrected chi connectivity index (χ0v) is 15.7. The lowest BCUT2D eigenvalue weighted by molar-refractivity contribution is 0.201. The van der Waals surface area contributed by atoms with E-state index >= 15 is 0 Å². The van der Waals surface area contributed by atoms with E-state index in [2.05, 4.69) is 38.1 Å². The maximum Gasteiger partial charge on any atom is 0.119 e. The molecule has 2 atom stereocenters. The molecule has 1 unspecified atom stereocenters. The Kier molecular flexibility index (Phi) is 6.84. The molecule has 1 aromatic heterocycles. The van der Waals surface area contributed by atoms with Gasteiger partial charge in [0.05, 0.1) is 12.7 Å². The summed E-state index contributed by atoms with van der Waals surface area (Å²) < 4.78 is 5.99. The molecule has 0 bridgehead atoms. The van der Waals surface area contributed by atoms with Crippen molar-refractivity contribution in [3.05, 3.63) is 51.7 Å². The number of aryl methyl sites for hydroxylation is 3. The van der Waals surface area contributed by atoms with Gasteiger partial charge in [0.25, 0.3) is 0 Å². The minimum Gasteiger partial charge on any atom is -0.491 e. The summed E-state index contributed by atoms with van der Waals surface area (Å²) in [5, 5.41) is 9.23. The summed E-state index contributed by atoms with van der Waals surface area (Å²) in [6.45, 7) is 6.12. The van der Waals surface area contributed by atoms with Gasteiger partial charge in [-0.3, -0.25) is 0 Å². The highest BCUT2D eigenvalue weighted by molar-refractivity contribution is 7.11. The lowest BCUT2D eigenvalue weighted by atomic mass is 9.98. The molecule has 3 nitrogen and oxygen atoms in total. The van der Waals surface area contributed by atoms with Crippen molar-refractivity contribution < 1.29 is 9.84 Å². The van der Waals surface area contributed by atoms with Crippen molar-refractivity contribution in [2.45, 2.75) is 58.1 Å². The van der Waals surface area contributed by atoms with Crippen LogP contribution in [0, 0.1) is 6.92 Å². The van der Waals surface area contributed by atoms with Crippen LogP contribution in [0.4, 0.5) is 0 Å². The first-order valence-electron chi connectivity index (χ1n) is 8.58. The van der Waals surface area contributed by atoms with Gasteiger partial charge in [0.1, 0.15) is 5.75 Å². The van der Waals surface area contributed by atoms with Crippen molar-refractivity contribution >= 4 is 11.3 Å². The fraction of sp³-hybridized carbons (Fsp3) is 0.500. The summed E-state index contributed by atoms with van der Waals surface area (Å²) in [6.07, 6.45) is 3.94. The Morgan fingerprint density at radius 2 is 1.92 bits per heavy atom. The topological polar surface area (TPSA) is 55.5 Å². The zero-order valence-electron chi connectivity index (χ0n) is 14.9. The maximum absolute atomic E-state index is 9.23. The molecule has 1 aromatic carbocycles. The summed E-state index contributed by atoms with van der Waals surface area (Å²) in [5.41, 5.74) is 6.73. The highest BCUT2D eigenvalue weighted by atomic mass is 32.1. The highest BCUT2D eigenvalue weighted by Gasteiger charge is 2.17. The number of ether oxygens (including phenoxy) is 1. The van der Waals surface area contributed by atoms with Crippen LogP contribution in [0.3, 0.4) is 0 Å². The van der Waals surface area contributed by atoms with Crippen LogP contribution in [0.2, 0.25) is 0 Å². The van der Waals surface area contributed by atoms with Crippen LogP contribution < -0.4 is 10.5 Å². The first kappa shape index (κ1) is 19.0. The van der Waals surface area contributed by atoms with E-state index in [1.165, 1.54) is 15.3 Å². The van der Waals surface area contributed by atoms with Crippen molar-refractivity contribution in [3.63, 3.8) is 0 Å². The van der Waals surface area contributed by atoms with E-state index in [0.29, 0.717) is 0 Å². The van der Waals surface area contributed by atoms with Crippen LogP contribution in [-0.2, 0) is 12.8 Å². The highest BCUT2D eigenvalue weighted by Crippen LogP contribution is 2.23. The normalized spacial score (nSPS) is 15.0. The predicted molar refractivity (Wildman–Crippen MR) is 102 cm³/mol. The Labute approximate surface area is 149 Å². The van der Waals surface area contributed by atoms with E-state index in [9.17, 15) is 5.11 Å². The van der Waals surface area contributed by atoms with Gasteiger partial charge in [0.15, 0.2) is 0 Å². The van der Waals surface area contributed by atoms with Crippen molar-refractivity contribution in [1.29, 1.82) is 0 Å². The van der Waals surface area contributed by atoms with Crippen molar-refractivity contribution in [1.82, 2.24) is 0 Å². The van der Waals surface area contributed by atoms with Crippen LogP contribution in [0.1, 0.15) is 42.0 Å². The largest absolute Gasteiger partial charge is 0.491 e. The Morgan fingerprint density at radius 3 is 2.58 bits per heavy atom. The quantitative estimate of drug-likeness (QED) is 0.718. The maximum atomic E-state index is 9.23. The predicted octanol–water partition coefficient (Wildman–Crippen LogP) is 4.10. The van der Waals surface area contributed by atoms with Gasteiger partial charge in [-0.1, -0.05) is 12.1 Å². The lowest BCUT2D eigenvalue weighted by Gasteiger charge is -2.20. The van der Waals surface area contributed by atoms with E-state index in [-0.39, 0.29) is 12.7 Å². The second kappa shape index (κ2) is 8.65. The lowest BCUT2D eigenvalue weighted by Crippen LogP contribution is -2.40. The molecular formula is C20H29NO2S. The Balaban J connectivity index is 1.78. The van der Waals surface area contributed by atoms with Crippen molar-refractivity contribution in [2.24, 2.45) is 5.73 Å². The van der Waals surface area contributed by atoms with E-state index in [1.54, 1.807) is 0 Å². The first-order valence-corrected chi connectivity index (χ1v) is 9.40. The third kappa shape index (κ3) is 6.27. The molecule has 0 saturated heterocycles. The monoisotopic (exact) mass is 347 g/mol. The van der Waals surface area contributed by atoms with Gasteiger partial charge >= 0.3 is 0 Å². The smallest absolute Gasteiger partial charge is 0.119 e. The molecule has 24 heavy (non-hydrogen) atoms. The Morgan fingerprint density at radius 1 is 1.21 bits per heavy atom. The average Bonchev–Trinajstić information content (AvgIpc) is 2.99. The molecule has 0 amide bonds. The van der Waals surface area contributed by atoms with Crippen LogP contribution in [-0.4, -0.2) is 23.4 Å².